The Morgan fingerprint density at radius 2 is 1.93 bits per heavy atom. The van der Waals surface area contributed by atoms with E-state index in [1.165, 1.54) is 6.07 Å². The number of aromatic nitrogens is 1. The Morgan fingerprint density at radius 3 is 2.70 bits per heavy atom. The Labute approximate surface area is 156 Å². The number of halogens is 1. The van der Waals surface area contributed by atoms with Crippen LogP contribution in [0, 0.1) is 11.9 Å². The lowest BCUT2D eigenvalue weighted by atomic mass is 10.1. The molecule has 0 atom stereocenters. The number of amides is 1. The highest BCUT2D eigenvalue weighted by Crippen LogP contribution is 2.33. The lowest BCUT2D eigenvalue weighted by molar-refractivity contribution is 0.100. The van der Waals surface area contributed by atoms with Gasteiger partial charge in [-0.25, -0.2) is 4.39 Å². The van der Waals surface area contributed by atoms with Gasteiger partial charge in [-0.15, -0.1) is 0 Å². The Bertz CT molecular complexity index is 1160. The molecule has 0 saturated carbocycles. The molecule has 4 rings (SSSR count). The lowest BCUT2D eigenvalue weighted by Crippen LogP contribution is -2.11. The van der Waals surface area contributed by atoms with Crippen molar-refractivity contribution in [3.63, 3.8) is 0 Å². The predicted molar refractivity (Wildman–Crippen MR) is 103 cm³/mol. The molecular formula is C22H18FN2O2. The van der Waals surface area contributed by atoms with Crippen LogP contribution in [-0.4, -0.2) is 17.1 Å². The van der Waals surface area contributed by atoms with Gasteiger partial charge in [0.25, 0.3) is 0 Å². The zero-order valence-corrected chi connectivity index (χ0v) is 14.8. The average Bonchev–Trinajstić information content (AvgIpc) is 2.96. The largest absolute Gasteiger partial charge is 0.494 e. The van der Waals surface area contributed by atoms with Crippen LogP contribution in [0.5, 0.6) is 5.75 Å². The van der Waals surface area contributed by atoms with Crippen molar-refractivity contribution >= 4 is 27.7 Å². The summed E-state index contributed by atoms with van der Waals surface area (Å²) < 4.78 is 21.7. The molecule has 1 heterocycles. The van der Waals surface area contributed by atoms with E-state index < -0.39 is 11.7 Å². The van der Waals surface area contributed by atoms with E-state index in [0.29, 0.717) is 29.5 Å². The molecule has 0 aliphatic rings. The number of benzene rings is 3. The Hall–Kier alpha value is -3.34. The van der Waals surface area contributed by atoms with Gasteiger partial charge in [0.1, 0.15) is 11.6 Å². The summed E-state index contributed by atoms with van der Waals surface area (Å²) in [6.45, 7) is 3.01. The van der Waals surface area contributed by atoms with E-state index in [-0.39, 0.29) is 0 Å². The molecule has 1 amide bonds. The molecule has 1 radical (unpaired) electrons. The molecule has 1 aromatic heterocycles. The number of hydrogen-bond acceptors (Lipinski definition) is 2. The van der Waals surface area contributed by atoms with Crippen molar-refractivity contribution in [1.29, 1.82) is 0 Å². The van der Waals surface area contributed by atoms with Gasteiger partial charge in [-0.3, -0.25) is 4.79 Å². The number of hydrogen-bond donors (Lipinski definition) is 1. The molecule has 5 heteroatoms. The Kier molecular flexibility index (Phi) is 4.28. The van der Waals surface area contributed by atoms with Gasteiger partial charge in [-0.1, -0.05) is 24.3 Å². The van der Waals surface area contributed by atoms with Gasteiger partial charge < -0.3 is 15.0 Å². The average molecular weight is 361 g/mol. The minimum Gasteiger partial charge on any atom is -0.494 e. The fourth-order valence-corrected chi connectivity index (χ4v) is 3.51. The molecule has 0 saturated heterocycles. The molecule has 0 aliphatic carbocycles. The van der Waals surface area contributed by atoms with E-state index in [2.05, 4.69) is 6.07 Å². The second-order valence-corrected chi connectivity index (χ2v) is 6.26. The minimum absolute atomic E-state index is 0.358. The number of ether oxygens (including phenoxy) is 1. The first-order chi connectivity index (χ1) is 13.1. The van der Waals surface area contributed by atoms with Crippen molar-refractivity contribution < 1.29 is 13.9 Å². The number of rotatable bonds is 5. The van der Waals surface area contributed by atoms with E-state index in [4.69, 9.17) is 10.5 Å². The number of carbonyl (C=O) groups excluding carboxylic acids is 1. The molecule has 4 nitrogen and oxygen atoms in total. The van der Waals surface area contributed by atoms with Crippen LogP contribution in [0.15, 0.2) is 54.6 Å². The summed E-state index contributed by atoms with van der Waals surface area (Å²) in [4.78, 5) is 11.9. The van der Waals surface area contributed by atoms with Gasteiger partial charge in [0, 0.05) is 28.0 Å². The molecule has 2 N–H and O–H groups in total. The zero-order valence-electron chi connectivity index (χ0n) is 14.8. The van der Waals surface area contributed by atoms with E-state index in [1.807, 2.05) is 41.8 Å². The van der Waals surface area contributed by atoms with E-state index in [1.54, 1.807) is 18.2 Å². The maximum Gasteiger partial charge on any atom is 0.249 e. The number of nitrogens with zero attached hydrogens (tertiary/aromatic N) is 1. The van der Waals surface area contributed by atoms with Crippen LogP contribution < -0.4 is 10.5 Å². The van der Waals surface area contributed by atoms with Crippen LogP contribution in [0.4, 0.5) is 4.39 Å². The standard InChI is InChI=1S/C22H18FN2O2/c1-2-27-20-9-4-3-6-14(20)13-25-18-11-10-15(23)12-17(18)21-16(22(24)26)7-5-8-19(21)25/h3-11H,2,13H2,1H3,(H2,24,26). The van der Waals surface area contributed by atoms with Crippen LogP contribution in [0.25, 0.3) is 21.8 Å². The first-order valence-electron chi connectivity index (χ1n) is 8.73. The highest BCUT2D eigenvalue weighted by Gasteiger charge is 2.18. The summed E-state index contributed by atoms with van der Waals surface area (Å²) in [5, 5.41) is 1.17. The molecule has 135 valence electrons. The lowest BCUT2D eigenvalue weighted by Gasteiger charge is -2.13. The molecule has 0 unspecified atom stereocenters. The van der Waals surface area contributed by atoms with Crippen LogP contribution in [0.2, 0.25) is 0 Å². The van der Waals surface area contributed by atoms with Crippen molar-refractivity contribution in [2.24, 2.45) is 5.73 Å². The van der Waals surface area contributed by atoms with Crippen LogP contribution in [0.3, 0.4) is 0 Å². The number of nitrogens with two attached hydrogens (primary N) is 1. The van der Waals surface area contributed by atoms with Crippen molar-refractivity contribution in [3.8, 4) is 5.75 Å². The number of para-hydroxylation sites is 1. The third-order valence-electron chi connectivity index (χ3n) is 4.63. The van der Waals surface area contributed by atoms with E-state index in [0.717, 1.165) is 22.3 Å². The second kappa shape index (κ2) is 6.76. The monoisotopic (exact) mass is 361 g/mol. The summed E-state index contributed by atoms with van der Waals surface area (Å²) >= 11 is 0. The Balaban J connectivity index is 2.00. The Morgan fingerprint density at radius 1 is 1.11 bits per heavy atom. The molecular weight excluding hydrogens is 343 g/mol. The molecule has 0 spiro atoms. The van der Waals surface area contributed by atoms with E-state index >= 15 is 0 Å². The molecule has 27 heavy (non-hydrogen) atoms. The van der Waals surface area contributed by atoms with Crippen molar-refractivity contribution in [2.45, 2.75) is 13.5 Å². The number of carbonyl (C=O) groups is 1. The number of primary amides is 1. The molecule has 0 bridgehead atoms. The van der Waals surface area contributed by atoms with Crippen molar-refractivity contribution in [3.05, 3.63) is 77.6 Å². The van der Waals surface area contributed by atoms with Gasteiger partial charge >= 0.3 is 0 Å². The molecule has 3 aromatic carbocycles. The number of fused-ring (bicyclic) bond motifs is 3. The summed E-state index contributed by atoms with van der Waals surface area (Å²) in [6, 6.07) is 19.0. The second-order valence-electron chi connectivity index (χ2n) is 6.26. The van der Waals surface area contributed by atoms with Gasteiger partial charge in [-0.05, 0) is 37.3 Å². The highest BCUT2D eigenvalue weighted by atomic mass is 19.1. The molecule has 0 aliphatic heterocycles. The molecule has 4 aromatic rings. The maximum absolute atomic E-state index is 13.9. The topological polar surface area (TPSA) is 57.2 Å². The van der Waals surface area contributed by atoms with Gasteiger partial charge in [-0.2, -0.15) is 0 Å². The zero-order chi connectivity index (χ0) is 19.0. The van der Waals surface area contributed by atoms with Gasteiger partial charge in [0.2, 0.25) is 5.91 Å². The van der Waals surface area contributed by atoms with E-state index in [9.17, 15) is 9.18 Å². The highest BCUT2D eigenvalue weighted by molar-refractivity contribution is 6.17. The van der Waals surface area contributed by atoms with Crippen molar-refractivity contribution in [2.75, 3.05) is 6.61 Å². The first kappa shape index (κ1) is 17.1. The van der Waals surface area contributed by atoms with Gasteiger partial charge in [0.15, 0.2) is 0 Å². The normalized spacial score (nSPS) is 11.2. The summed E-state index contributed by atoms with van der Waals surface area (Å²) in [7, 11) is 0. The smallest absolute Gasteiger partial charge is 0.249 e. The summed E-state index contributed by atoms with van der Waals surface area (Å²) in [6.07, 6.45) is 0. The van der Waals surface area contributed by atoms with Gasteiger partial charge in [0.05, 0.1) is 24.2 Å². The van der Waals surface area contributed by atoms with Crippen LogP contribution >= 0.6 is 0 Å². The van der Waals surface area contributed by atoms with Crippen LogP contribution in [0.1, 0.15) is 22.8 Å². The predicted octanol–water partition coefficient (Wildman–Crippen LogP) is 4.28. The van der Waals surface area contributed by atoms with Crippen molar-refractivity contribution in [1.82, 2.24) is 4.57 Å². The maximum atomic E-state index is 13.9. The first-order valence-corrected chi connectivity index (χ1v) is 8.73. The minimum atomic E-state index is -0.549. The SMILES string of the molecule is CCOc1ccccc1Cn1c2ccc(F)[c]c2c2c(C(N)=O)cccc21. The fourth-order valence-electron chi connectivity index (χ4n) is 3.51. The summed E-state index contributed by atoms with van der Waals surface area (Å²) in [5.41, 5.74) is 8.49. The third-order valence-corrected chi connectivity index (χ3v) is 4.63. The van der Waals surface area contributed by atoms with Crippen LogP contribution in [-0.2, 0) is 6.54 Å². The fraction of sp³-hybridized carbons (Fsp3) is 0.136. The molecule has 0 fully saturated rings. The third kappa shape index (κ3) is 2.91. The quantitative estimate of drug-likeness (QED) is 0.577. The summed E-state index contributed by atoms with van der Waals surface area (Å²) in [5.74, 6) is -0.227.